The monoisotopic (exact) mass is 379 g/mol. The Balaban J connectivity index is 2.21. The molecule has 1 aliphatic rings. The summed E-state index contributed by atoms with van der Waals surface area (Å²) in [5.41, 5.74) is 0. The molecule has 6 heteroatoms. The highest BCUT2D eigenvalue weighted by molar-refractivity contribution is 14.1. The van der Waals surface area contributed by atoms with Crippen LogP contribution in [-0.4, -0.2) is 21.7 Å². The lowest BCUT2D eigenvalue weighted by Gasteiger charge is -2.11. The first-order valence-corrected chi connectivity index (χ1v) is 7.43. The van der Waals surface area contributed by atoms with E-state index in [4.69, 9.17) is 16.6 Å². The van der Waals surface area contributed by atoms with E-state index in [1.54, 1.807) is 11.0 Å². The van der Waals surface area contributed by atoms with Crippen LogP contribution in [0.5, 0.6) is 0 Å². The molecule has 0 bridgehead atoms. The second-order valence-electron chi connectivity index (χ2n) is 3.48. The van der Waals surface area contributed by atoms with Crippen molar-refractivity contribution in [1.29, 1.82) is 0 Å². The zero-order valence-electron chi connectivity index (χ0n) is 9.10. The molecule has 0 saturated carbocycles. The Labute approximate surface area is 123 Å². The van der Waals surface area contributed by atoms with Gasteiger partial charge in [0.15, 0.2) is 3.77 Å². The fourth-order valence-electron chi connectivity index (χ4n) is 1.45. The maximum Gasteiger partial charge on any atom is 0.266 e. The lowest BCUT2D eigenvalue weighted by molar-refractivity contribution is -0.122. The Hall–Kier alpha value is -0.340. The van der Waals surface area contributed by atoms with E-state index in [1.807, 2.05) is 19.1 Å². The summed E-state index contributed by atoms with van der Waals surface area (Å²) in [5.74, 6) is 0.666. The Morgan fingerprint density at radius 1 is 1.59 bits per heavy atom. The minimum Gasteiger partial charge on any atom is -0.451 e. The largest absolute Gasteiger partial charge is 0.451 e. The van der Waals surface area contributed by atoms with Gasteiger partial charge in [0.05, 0.1) is 4.91 Å². The quantitative estimate of drug-likeness (QED) is 0.457. The third kappa shape index (κ3) is 2.92. The lowest BCUT2D eigenvalue weighted by Crippen LogP contribution is -2.28. The third-order valence-electron chi connectivity index (χ3n) is 2.19. The van der Waals surface area contributed by atoms with Crippen LogP contribution in [0.4, 0.5) is 0 Å². The number of furan rings is 1. The van der Waals surface area contributed by atoms with Gasteiger partial charge in [0.2, 0.25) is 0 Å². The van der Waals surface area contributed by atoms with Crippen LogP contribution in [0.25, 0.3) is 6.08 Å². The van der Waals surface area contributed by atoms with E-state index >= 15 is 0 Å². The molecule has 2 heterocycles. The van der Waals surface area contributed by atoms with Crippen molar-refractivity contribution >= 4 is 62.9 Å². The fourth-order valence-corrected chi connectivity index (χ4v) is 3.17. The van der Waals surface area contributed by atoms with Gasteiger partial charge in [-0.2, -0.15) is 0 Å². The molecule has 1 amide bonds. The van der Waals surface area contributed by atoms with Crippen LogP contribution in [0.1, 0.15) is 19.1 Å². The van der Waals surface area contributed by atoms with Crippen molar-refractivity contribution < 1.29 is 9.21 Å². The highest BCUT2D eigenvalue weighted by Crippen LogP contribution is 2.32. The maximum atomic E-state index is 12.0. The molecule has 1 aromatic rings. The summed E-state index contributed by atoms with van der Waals surface area (Å²) in [5, 5.41) is 0. The topological polar surface area (TPSA) is 33.5 Å². The van der Waals surface area contributed by atoms with Gasteiger partial charge >= 0.3 is 0 Å². The summed E-state index contributed by atoms with van der Waals surface area (Å²) < 4.78 is 6.84. The van der Waals surface area contributed by atoms with Gasteiger partial charge in [-0.05, 0) is 41.1 Å². The summed E-state index contributed by atoms with van der Waals surface area (Å²) in [6.07, 6.45) is 2.65. The molecule has 0 radical (unpaired) electrons. The first-order valence-electron chi connectivity index (χ1n) is 5.12. The molecule has 1 aliphatic heterocycles. The molecule has 2 rings (SSSR count). The molecular formula is C11H10INO2S2. The van der Waals surface area contributed by atoms with E-state index in [1.165, 1.54) is 11.8 Å². The number of hydrogen-bond donors (Lipinski definition) is 0. The lowest BCUT2D eigenvalue weighted by atomic mass is 10.3. The minimum atomic E-state index is -0.0201. The van der Waals surface area contributed by atoms with Gasteiger partial charge in [0.25, 0.3) is 5.91 Å². The smallest absolute Gasteiger partial charge is 0.266 e. The Morgan fingerprint density at radius 3 is 2.94 bits per heavy atom. The summed E-state index contributed by atoms with van der Waals surface area (Å²) in [4.78, 5) is 14.3. The van der Waals surface area contributed by atoms with Crippen LogP contribution in [0, 0.1) is 3.77 Å². The highest BCUT2D eigenvalue weighted by Gasteiger charge is 2.31. The van der Waals surface area contributed by atoms with Crippen LogP contribution < -0.4 is 0 Å². The summed E-state index contributed by atoms with van der Waals surface area (Å²) in [7, 11) is 0. The van der Waals surface area contributed by atoms with Gasteiger partial charge < -0.3 is 4.42 Å². The maximum absolute atomic E-state index is 12.0. The standard InChI is InChI=1S/C11H10INO2S2/c1-2-5-13-10(14)8(17-11(13)16)6-7-3-4-9(12)15-7/h3-4,6H,2,5H2,1H3/b8-6+. The molecule has 17 heavy (non-hydrogen) atoms. The summed E-state index contributed by atoms with van der Waals surface area (Å²) >= 11 is 8.60. The predicted octanol–water partition coefficient (Wildman–Crippen LogP) is 3.50. The van der Waals surface area contributed by atoms with E-state index in [9.17, 15) is 4.79 Å². The second-order valence-corrected chi connectivity index (χ2v) is 6.21. The van der Waals surface area contributed by atoms with Crippen LogP contribution in [-0.2, 0) is 4.79 Å². The van der Waals surface area contributed by atoms with Gasteiger partial charge in [0.1, 0.15) is 10.1 Å². The van der Waals surface area contributed by atoms with Crippen molar-refractivity contribution in [3.63, 3.8) is 0 Å². The van der Waals surface area contributed by atoms with Crippen molar-refractivity contribution in [2.45, 2.75) is 13.3 Å². The number of carbonyl (C=O) groups is 1. The van der Waals surface area contributed by atoms with E-state index < -0.39 is 0 Å². The normalized spacial score (nSPS) is 18.5. The van der Waals surface area contributed by atoms with Gasteiger partial charge in [-0.3, -0.25) is 9.69 Å². The number of halogens is 1. The zero-order chi connectivity index (χ0) is 12.4. The number of thioether (sulfide) groups is 1. The Bertz CT molecular complexity index is 495. The molecule has 1 fully saturated rings. The molecule has 0 atom stereocenters. The first kappa shape index (κ1) is 13.1. The fraction of sp³-hybridized carbons (Fsp3) is 0.273. The molecule has 0 N–H and O–H groups in total. The van der Waals surface area contributed by atoms with Gasteiger partial charge in [-0.1, -0.05) is 30.9 Å². The van der Waals surface area contributed by atoms with E-state index in [-0.39, 0.29) is 5.91 Å². The number of amides is 1. The average Bonchev–Trinajstić information content (AvgIpc) is 2.79. The SMILES string of the molecule is CCCN1C(=O)/C(=C\c2ccc(I)o2)SC1=S. The molecular weight excluding hydrogens is 369 g/mol. The van der Waals surface area contributed by atoms with Gasteiger partial charge in [0, 0.05) is 12.6 Å². The minimum absolute atomic E-state index is 0.0201. The molecule has 1 saturated heterocycles. The van der Waals surface area contributed by atoms with E-state index in [0.717, 1.165) is 10.2 Å². The van der Waals surface area contributed by atoms with E-state index in [0.29, 0.717) is 21.5 Å². The second kappa shape index (κ2) is 5.53. The summed E-state index contributed by atoms with van der Waals surface area (Å²) in [6.45, 7) is 2.70. The number of rotatable bonds is 3. The van der Waals surface area contributed by atoms with Crippen molar-refractivity contribution in [2.24, 2.45) is 0 Å². The van der Waals surface area contributed by atoms with Crippen LogP contribution in [0.15, 0.2) is 21.5 Å². The molecule has 0 spiro atoms. The van der Waals surface area contributed by atoms with Gasteiger partial charge in [-0.15, -0.1) is 0 Å². The van der Waals surface area contributed by atoms with Crippen molar-refractivity contribution in [2.75, 3.05) is 6.54 Å². The predicted molar refractivity (Wildman–Crippen MR) is 81.6 cm³/mol. The van der Waals surface area contributed by atoms with Crippen LogP contribution in [0.3, 0.4) is 0 Å². The average molecular weight is 379 g/mol. The van der Waals surface area contributed by atoms with Gasteiger partial charge in [-0.25, -0.2) is 0 Å². The first-order chi connectivity index (χ1) is 8.11. The van der Waals surface area contributed by atoms with Crippen LogP contribution >= 0.6 is 46.6 Å². The Kier molecular flexibility index (Phi) is 4.26. The molecule has 0 aliphatic carbocycles. The van der Waals surface area contributed by atoms with Crippen molar-refractivity contribution in [3.05, 3.63) is 26.6 Å². The van der Waals surface area contributed by atoms with E-state index in [2.05, 4.69) is 22.6 Å². The number of nitrogens with zero attached hydrogens (tertiary/aromatic N) is 1. The molecule has 3 nitrogen and oxygen atoms in total. The number of hydrogen-bond acceptors (Lipinski definition) is 4. The van der Waals surface area contributed by atoms with Crippen molar-refractivity contribution in [1.82, 2.24) is 4.90 Å². The molecule has 1 aromatic heterocycles. The third-order valence-corrected chi connectivity index (χ3v) is 4.15. The molecule has 90 valence electrons. The molecule has 0 unspecified atom stereocenters. The van der Waals surface area contributed by atoms with Crippen molar-refractivity contribution in [3.8, 4) is 0 Å². The Morgan fingerprint density at radius 2 is 2.35 bits per heavy atom. The number of thiocarbonyl (C=S) groups is 1. The zero-order valence-corrected chi connectivity index (χ0v) is 12.9. The number of carbonyl (C=O) groups excluding carboxylic acids is 1. The molecule has 0 aromatic carbocycles. The van der Waals surface area contributed by atoms with Crippen LogP contribution in [0.2, 0.25) is 0 Å². The summed E-state index contributed by atoms with van der Waals surface area (Å²) in [6, 6.07) is 3.70. The highest BCUT2D eigenvalue weighted by atomic mass is 127.